The van der Waals surface area contributed by atoms with E-state index < -0.39 is 0 Å². The molecule has 3 nitrogen and oxygen atoms in total. The molecule has 2 rings (SSSR count). The lowest BCUT2D eigenvalue weighted by molar-refractivity contribution is -0.132. The van der Waals surface area contributed by atoms with Gasteiger partial charge >= 0.3 is 0 Å². The minimum atomic E-state index is -0.0629. The largest absolute Gasteiger partial charge is 0.344 e. The quantitative estimate of drug-likeness (QED) is 0.900. The van der Waals surface area contributed by atoms with Gasteiger partial charge in [-0.25, -0.2) is 0 Å². The van der Waals surface area contributed by atoms with Crippen LogP contribution in [0.3, 0.4) is 0 Å². The highest BCUT2D eigenvalue weighted by molar-refractivity contribution is 5.82. The van der Waals surface area contributed by atoms with Crippen molar-refractivity contribution < 1.29 is 4.79 Å². The summed E-state index contributed by atoms with van der Waals surface area (Å²) in [5.41, 5.74) is 2.62. The Morgan fingerprint density at radius 3 is 2.74 bits per heavy atom. The molecule has 1 N–H and O–H groups in total. The first-order valence-corrected chi connectivity index (χ1v) is 7.13. The molecule has 0 bridgehead atoms. The van der Waals surface area contributed by atoms with E-state index in [0.29, 0.717) is 5.92 Å². The second kappa shape index (κ2) is 6.20. The maximum Gasteiger partial charge on any atom is 0.239 e. The molecule has 0 saturated heterocycles. The van der Waals surface area contributed by atoms with Gasteiger partial charge < -0.3 is 10.2 Å². The van der Waals surface area contributed by atoms with Gasteiger partial charge in [0.1, 0.15) is 0 Å². The molecule has 0 fully saturated rings. The number of hydrogen-bond acceptors (Lipinski definition) is 2. The lowest BCUT2D eigenvalue weighted by Gasteiger charge is -2.29. The van der Waals surface area contributed by atoms with Crippen LogP contribution in [0.2, 0.25) is 0 Å². The Kier molecular flexibility index (Phi) is 4.59. The summed E-state index contributed by atoms with van der Waals surface area (Å²) in [6.07, 6.45) is 1.87. The Balaban J connectivity index is 1.95. The lowest BCUT2D eigenvalue weighted by atomic mass is 9.95. The third kappa shape index (κ3) is 3.57. The van der Waals surface area contributed by atoms with E-state index in [1.165, 1.54) is 11.1 Å². The van der Waals surface area contributed by atoms with Gasteiger partial charge in [-0.15, -0.1) is 0 Å². The zero-order chi connectivity index (χ0) is 13.8. The van der Waals surface area contributed by atoms with E-state index in [9.17, 15) is 4.79 Å². The second-order valence-electron chi connectivity index (χ2n) is 5.85. The van der Waals surface area contributed by atoms with Crippen molar-refractivity contribution in [3.63, 3.8) is 0 Å². The molecule has 19 heavy (non-hydrogen) atoms. The number of hydrogen-bond donors (Lipinski definition) is 1. The number of benzene rings is 1. The molecule has 1 heterocycles. The van der Waals surface area contributed by atoms with Crippen molar-refractivity contribution in [2.45, 2.75) is 39.3 Å². The Morgan fingerprint density at radius 1 is 1.37 bits per heavy atom. The number of nitrogens with zero attached hydrogens (tertiary/aromatic N) is 1. The number of carbonyl (C=O) groups excluding carboxylic acids is 1. The molecule has 1 atom stereocenters. The summed E-state index contributed by atoms with van der Waals surface area (Å²) in [5, 5.41) is 3.35. The Morgan fingerprint density at radius 2 is 2.05 bits per heavy atom. The van der Waals surface area contributed by atoms with Crippen LogP contribution in [0.4, 0.5) is 0 Å². The second-order valence-corrected chi connectivity index (χ2v) is 5.85. The number of carbonyl (C=O) groups is 1. The number of fused-ring (bicyclic) bond motifs is 1. The standard InChI is InChI=1S/C16H24N2O/c1-12(2)8-9-18(3)16(19)15-10-13-6-4-5-7-14(13)11-17-15/h4-7,12,15,17H,8-11H2,1-3H3/t15-/m0/s1. The van der Waals surface area contributed by atoms with E-state index in [1.807, 2.05) is 18.0 Å². The summed E-state index contributed by atoms with van der Waals surface area (Å²) in [7, 11) is 1.91. The molecule has 0 aromatic heterocycles. The minimum absolute atomic E-state index is 0.0629. The zero-order valence-corrected chi connectivity index (χ0v) is 12.1. The first-order valence-electron chi connectivity index (χ1n) is 7.13. The fourth-order valence-electron chi connectivity index (χ4n) is 2.46. The first-order chi connectivity index (χ1) is 9.08. The average Bonchev–Trinajstić information content (AvgIpc) is 2.43. The van der Waals surface area contributed by atoms with Crippen molar-refractivity contribution in [1.29, 1.82) is 0 Å². The molecule has 1 aromatic rings. The van der Waals surface area contributed by atoms with Gasteiger partial charge in [-0.05, 0) is 29.9 Å². The molecular formula is C16H24N2O. The van der Waals surface area contributed by atoms with Crippen LogP contribution >= 0.6 is 0 Å². The van der Waals surface area contributed by atoms with E-state index in [0.717, 1.165) is 25.9 Å². The first kappa shape index (κ1) is 14.1. The normalized spacial score (nSPS) is 18.2. The predicted molar refractivity (Wildman–Crippen MR) is 77.9 cm³/mol. The molecule has 104 valence electrons. The number of likely N-dealkylation sites (N-methyl/N-ethyl adjacent to an activating group) is 1. The molecule has 0 radical (unpaired) electrons. The van der Waals surface area contributed by atoms with E-state index in [-0.39, 0.29) is 11.9 Å². The van der Waals surface area contributed by atoms with Crippen molar-refractivity contribution in [2.75, 3.05) is 13.6 Å². The van der Waals surface area contributed by atoms with Crippen LogP contribution in [-0.2, 0) is 17.8 Å². The van der Waals surface area contributed by atoms with E-state index in [2.05, 4.69) is 37.4 Å². The Hall–Kier alpha value is -1.35. The highest BCUT2D eigenvalue weighted by Crippen LogP contribution is 2.17. The van der Waals surface area contributed by atoms with E-state index in [4.69, 9.17) is 0 Å². The average molecular weight is 260 g/mol. The Bertz CT molecular complexity index is 442. The fraction of sp³-hybridized carbons (Fsp3) is 0.562. The van der Waals surface area contributed by atoms with Crippen molar-refractivity contribution in [3.05, 3.63) is 35.4 Å². The Labute approximate surface area is 116 Å². The molecule has 1 amide bonds. The van der Waals surface area contributed by atoms with Gasteiger partial charge in [0, 0.05) is 20.1 Å². The maximum atomic E-state index is 12.4. The van der Waals surface area contributed by atoms with Gasteiger partial charge in [0.05, 0.1) is 6.04 Å². The van der Waals surface area contributed by atoms with Crippen LogP contribution in [0.1, 0.15) is 31.4 Å². The monoisotopic (exact) mass is 260 g/mol. The molecular weight excluding hydrogens is 236 g/mol. The number of amides is 1. The third-order valence-corrected chi connectivity index (χ3v) is 3.80. The van der Waals surface area contributed by atoms with E-state index >= 15 is 0 Å². The molecule has 1 aliphatic rings. The molecule has 0 unspecified atom stereocenters. The molecule has 3 heteroatoms. The third-order valence-electron chi connectivity index (χ3n) is 3.80. The molecule has 0 spiro atoms. The van der Waals surface area contributed by atoms with Crippen LogP contribution in [0, 0.1) is 5.92 Å². The van der Waals surface area contributed by atoms with E-state index in [1.54, 1.807) is 0 Å². The van der Waals surface area contributed by atoms with Gasteiger partial charge in [0.15, 0.2) is 0 Å². The summed E-state index contributed by atoms with van der Waals surface area (Å²) in [6.45, 7) is 6.02. The SMILES string of the molecule is CC(C)CCN(C)C(=O)[C@@H]1Cc2ccccc2CN1. The summed E-state index contributed by atoms with van der Waals surface area (Å²) in [6, 6.07) is 8.30. The van der Waals surface area contributed by atoms with Gasteiger partial charge in [0.25, 0.3) is 0 Å². The smallest absolute Gasteiger partial charge is 0.239 e. The molecule has 0 aliphatic carbocycles. The topological polar surface area (TPSA) is 32.3 Å². The van der Waals surface area contributed by atoms with Crippen LogP contribution in [0.5, 0.6) is 0 Å². The highest BCUT2D eigenvalue weighted by atomic mass is 16.2. The maximum absolute atomic E-state index is 12.4. The number of rotatable bonds is 4. The predicted octanol–water partition coefficient (Wildman–Crippen LogP) is 2.21. The summed E-state index contributed by atoms with van der Waals surface area (Å²) < 4.78 is 0. The van der Waals surface area contributed by atoms with Crippen LogP contribution in [-0.4, -0.2) is 30.4 Å². The lowest BCUT2D eigenvalue weighted by Crippen LogP contribution is -2.48. The highest BCUT2D eigenvalue weighted by Gasteiger charge is 2.26. The van der Waals surface area contributed by atoms with Crippen molar-refractivity contribution in [2.24, 2.45) is 5.92 Å². The number of nitrogens with one attached hydrogen (secondary N) is 1. The summed E-state index contributed by atoms with van der Waals surface area (Å²) in [4.78, 5) is 14.3. The minimum Gasteiger partial charge on any atom is -0.344 e. The molecule has 0 saturated carbocycles. The van der Waals surface area contributed by atoms with Crippen LogP contribution < -0.4 is 5.32 Å². The van der Waals surface area contributed by atoms with Gasteiger partial charge in [-0.2, -0.15) is 0 Å². The van der Waals surface area contributed by atoms with Crippen molar-refractivity contribution >= 4 is 5.91 Å². The summed E-state index contributed by atoms with van der Waals surface area (Å²) in [5.74, 6) is 0.852. The van der Waals surface area contributed by atoms with Crippen LogP contribution in [0.15, 0.2) is 24.3 Å². The van der Waals surface area contributed by atoms with Crippen LogP contribution in [0.25, 0.3) is 0 Å². The molecule has 1 aliphatic heterocycles. The van der Waals surface area contributed by atoms with Crippen molar-refractivity contribution in [3.8, 4) is 0 Å². The van der Waals surface area contributed by atoms with Gasteiger partial charge in [0.2, 0.25) is 5.91 Å². The van der Waals surface area contributed by atoms with Crippen molar-refractivity contribution in [1.82, 2.24) is 10.2 Å². The van der Waals surface area contributed by atoms with Gasteiger partial charge in [-0.1, -0.05) is 38.1 Å². The molecule has 1 aromatic carbocycles. The zero-order valence-electron chi connectivity index (χ0n) is 12.1. The summed E-state index contributed by atoms with van der Waals surface area (Å²) >= 11 is 0. The van der Waals surface area contributed by atoms with Gasteiger partial charge in [-0.3, -0.25) is 4.79 Å². The fourth-order valence-corrected chi connectivity index (χ4v) is 2.46.